The number of benzene rings is 9. The molecular weight excluding hydrogens is 781 g/mol. The maximum absolute atomic E-state index is 5.34. The molecule has 64 heavy (non-hydrogen) atoms. The second kappa shape index (κ2) is 15.6. The molecule has 12 aromatic rings. The molecule has 6 heteroatoms. The van der Waals surface area contributed by atoms with Gasteiger partial charge < -0.3 is 0 Å². The molecule has 0 N–H and O–H groups in total. The van der Waals surface area contributed by atoms with Crippen LogP contribution in [0.1, 0.15) is 0 Å². The lowest BCUT2D eigenvalue weighted by atomic mass is 9.98. The highest BCUT2D eigenvalue weighted by molar-refractivity contribution is 6.19. The highest BCUT2D eigenvalue weighted by Gasteiger charge is 2.19. The fourth-order valence-electron chi connectivity index (χ4n) is 9.07. The van der Waals surface area contributed by atoms with E-state index in [1.165, 1.54) is 0 Å². The monoisotopic (exact) mass is 818 g/mol. The predicted molar refractivity (Wildman–Crippen MR) is 263 cm³/mol. The van der Waals surface area contributed by atoms with Crippen LogP contribution in [0.25, 0.3) is 111 Å². The first-order valence-corrected chi connectivity index (χ1v) is 21.5. The van der Waals surface area contributed by atoms with Gasteiger partial charge in [-0.1, -0.05) is 182 Å². The third-order valence-corrected chi connectivity index (χ3v) is 12.0. The van der Waals surface area contributed by atoms with Crippen LogP contribution in [-0.2, 0) is 0 Å². The molecule has 0 amide bonds. The summed E-state index contributed by atoms with van der Waals surface area (Å²) >= 11 is 0. The van der Waals surface area contributed by atoms with Crippen LogP contribution in [0.3, 0.4) is 0 Å². The lowest BCUT2D eigenvalue weighted by molar-refractivity contribution is 0.951. The third-order valence-electron chi connectivity index (χ3n) is 12.0. The predicted octanol–water partition coefficient (Wildman–Crippen LogP) is 14.4. The fourth-order valence-corrected chi connectivity index (χ4v) is 9.07. The van der Waals surface area contributed by atoms with Gasteiger partial charge in [0.25, 0.3) is 0 Å². The number of para-hydroxylation sites is 4. The lowest BCUT2D eigenvalue weighted by Gasteiger charge is -2.15. The lowest BCUT2D eigenvalue weighted by Crippen LogP contribution is -2.08. The van der Waals surface area contributed by atoms with Crippen LogP contribution in [-0.4, -0.2) is 29.1 Å². The Balaban J connectivity index is 1.18. The number of nitrogens with zero attached hydrogens (tertiary/aromatic N) is 6. The van der Waals surface area contributed by atoms with E-state index in [-0.39, 0.29) is 0 Å². The molecule has 0 unspecified atom stereocenters. The van der Waals surface area contributed by atoms with Gasteiger partial charge in [0, 0.05) is 33.2 Å². The van der Waals surface area contributed by atoms with Gasteiger partial charge in [-0.05, 0) is 81.2 Å². The van der Waals surface area contributed by atoms with Gasteiger partial charge in [0.2, 0.25) is 5.95 Å². The molecule has 0 saturated carbocycles. The van der Waals surface area contributed by atoms with Gasteiger partial charge >= 0.3 is 0 Å². The Morgan fingerprint density at radius 2 is 0.734 bits per heavy atom. The minimum atomic E-state index is 0.521. The molecule has 12 rings (SSSR count). The largest absolute Gasteiger partial charge is 0.292 e. The number of fused-ring (bicyclic) bond motifs is 8. The van der Waals surface area contributed by atoms with Crippen molar-refractivity contribution in [3.05, 3.63) is 231 Å². The van der Waals surface area contributed by atoms with Crippen LogP contribution in [0.2, 0.25) is 0 Å². The van der Waals surface area contributed by atoms with Crippen molar-refractivity contribution < 1.29 is 0 Å². The minimum Gasteiger partial charge on any atom is -0.292 e. The summed E-state index contributed by atoms with van der Waals surface area (Å²) < 4.78 is 4.48. The van der Waals surface area contributed by atoms with Crippen LogP contribution in [0, 0.1) is 0 Å². The summed E-state index contributed by atoms with van der Waals surface area (Å²) in [5, 5.41) is 6.64. The standard InChI is InChI=1S/C58H38N6/c1-4-19-39(20-5-1)55-60-56(40-21-6-2-7-22-40)62-58(61-55)64-52-33-16-14-31-49(52)47-29-12-10-27-45(47)46-28-11-13-30-48(46)50-38-42(35-36-53(50)64)41-23-18-24-43(37-41)57-59-51-32-15-17-34-54(51)63(57)44-25-8-3-9-26-44/h1-38H. The Kier molecular flexibility index (Phi) is 9.05. The fraction of sp³-hybridized carbons (Fsp3) is 0. The summed E-state index contributed by atoms with van der Waals surface area (Å²) in [5.41, 5.74) is 9.98. The molecule has 0 aliphatic heterocycles. The van der Waals surface area contributed by atoms with E-state index in [2.05, 4.69) is 191 Å². The number of aromatic nitrogens is 6. The quantitative estimate of drug-likeness (QED) is 0.168. The van der Waals surface area contributed by atoms with Gasteiger partial charge in [-0.15, -0.1) is 0 Å². The van der Waals surface area contributed by atoms with Crippen molar-refractivity contribution in [2.45, 2.75) is 0 Å². The van der Waals surface area contributed by atoms with Crippen molar-refractivity contribution in [1.29, 1.82) is 0 Å². The van der Waals surface area contributed by atoms with E-state index in [9.17, 15) is 0 Å². The van der Waals surface area contributed by atoms with E-state index in [4.69, 9.17) is 19.9 Å². The van der Waals surface area contributed by atoms with Gasteiger partial charge in [0.05, 0.1) is 22.1 Å². The van der Waals surface area contributed by atoms with Gasteiger partial charge in [-0.3, -0.25) is 9.13 Å². The molecule has 0 aliphatic rings. The Hall–Kier alpha value is -8.74. The first-order valence-electron chi connectivity index (χ1n) is 21.5. The van der Waals surface area contributed by atoms with E-state index in [0.717, 1.165) is 93.7 Å². The van der Waals surface area contributed by atoms with Gasteiger partial charge in [-0.2, -0.15) is 9.97 Å². The smallest absolute Gasteiger partial charge is 0.238 e. The van der Waals surface area contributed by atoms with Crippen molar-refractivity contribution in [3.63, 3.8) is 0 Å². The van der Waals surface area contributed by atoms with Crippen LogP contribution >= 0.6 is 0 Å². The summed E-state index contributed by atoms with van der Waals surface area (Å²) in [4.78, 5) is 21.0. The zero-order valence-electron chi connectivity index (χ0n) is 34.6. The normalized spacial score (nSPS) is 11.4. The number of hydrogen-bond donors (Lipinski definition) is 0. The zero-order valence-corrected chi connectivity index (χ0v) is 34.6. The molecule has 0 bridgehead atoms. The van der Waals surface area contributed by atoms with Crippen LogP contribution < -0.4 is 0 Å². The Morgan fingerprint density at radius 1 is 0.266 bits per heavy atom. The number of hydrogen-bond acceptors (Lipinski definition) is 4. The molecule has 3 aromatic heterocycles. The minimum absolute atomic E-state index is 0.521. The second-order valence-electron chi connectivity index (χ2n) is 15.9. The van der Waals surface area contributed by atoms with Crippen molar-refractivity contribution >= 4 is 54.4 Å². The molecular formula is C58H38N6. The molecule has 9 aromatic carbocycles. The third kappa shape index (κ3) is 6.44. The average molecular weight is 819 g/mol. The Bertz CT molecular complexity index is 3720. The molecule has 300 valence electrons. The topological polar surface area (TPSA) is 61.4 Å². The molecule has 6 nitrogen and oxygen atoms in total. The molecule has 0 spiro atoms. The van der Waals surface area contributed by atoms with Crippen molar-refractivity contribution in [1.82, 2.24) is 29.1 Å². The summed E-state index contributed by atoms with van der Waals surface area (Å²) in [6.07, 6.45) is 0. The Morgan fingerprint density at radius 3 is 1.39 bits per heavy atom. The summed E-state index contributed by atoms with van der Waals surface area (Å²) in [6.45, 7) is 0. The summed E-state index contributed by atoms with van der Waals surface area (Å²) in [5.74, 6) is 2.60. The molecule has 0 aliphatic carbocycles. The zero-order chi connectivity index (χ0) is 42.4. The second-order valence-corrected chi connectivity index (χ2v) is 15.9. The van der Waals surface area contributed by atoms with E-state index in [0.29, 0.717) is 17.6 Å². The van der Waals surface area contributed by atoms with Crippen LogP contribution in [0.15, 0.2) is 231 Å². The van der Waals surface area contributed by atoms with Gasteiger partial charge in [-0.25, -0.2) is 9.97 Å². The molecule has 0 atom stereocenters. The SMILES string of the molecule is c1ccc(-c2nc(-c3ccccc3)nc(-n3c4ccccc4c4ccccc4c4ccccc4c4cc(-c5cccc(-c6nc7ccccc7n6-c6ccccc6)c5)ccc43)n2)cc1. The van der Waals surface area contributed by atoms with Crippen molar-refractivity contribution in [2.75, 3.05) is 0 Å². The summed E-state index contributed by atoms with van der Waals surface area (Å²) in [6, 6.07) is 80.7. The van der Waals surface area contributed by atoms with E-state index < -0.39 is 0 Å². The molecule has 0 fully saturated rings. The first-order chi connectivity index (χ1) is 31.7. The highest BCUT2D eigenvalue weighted by atomic mass is 15.2. The van der Waals surface area contributed by atoms with Gasteiger partial charge in [0.1, 0.15) is 5.82 Å². The summed E-state index contributed by atoms with van der Waals surface area (Å²) in [7, 11) is 0. The Labute approximate surface area is 369 Å². The van der Waals surface area contributed by atoms with E-state index in [1.807, 2.05) is 48.5 Å². The van der Waals surface area contributed by atoms with E-state index >= 15 is 0 Å². The molecule has 0 radical (unpaired) electrons. The maximum atomic E-state index is 5.34. The van der Waals surface area contributed by atoms with Gasteiger partial charge in [0.15, 0.2) is 11.6 Å². The maximum Gasteiger partial charge on any atom is 0.238 e. The number of imidazole rings is 1. The molecule has 0 saturated heterocycles. The van der Waals surface area contributed by atoms with Crippen molar-refractivity contribution in [2.24, 2.45) is 0 Å². The average Bonchev–Trinajstić information content (AvgIpc) is 3.78. The van der Waals surface area contributed by atoms with Crippen molar-refractivity contribution in [3.8, 4) is 56.9 Å². The number of rotatable bonds is 6. The van der Waals surface area contributed by atoms with Crippen LogP contribution in [0.4, 0.5) is 0 Å². The highest BCUT2D eigenvalue weighted by Crippen LogP contribution is 2.37. The van der Waals surface area contributed by atoms with Crippen LogP contribution in [0.5, 0.6) is 0 Å². The molecule has 3 heterocycles. The van der Waals surface area contributed by atoms with E-state index in [1.54, 1.807) is 0 Å². The first kappa shape index (κ1) is 37.1.